The van der Waals surface area contributed by atoms with E-state index in [2.05, 4.69) is 15.6 Å². The summed E-state index contributed by atoms with van der Waals surface area (Å²) >= 11 is 0. The molecule has 20 heavy (non-hydrogen) atoms. The average molecular weight is 279 g/mol. The SMILES string of the molecule is O=C(Nc1ccnc(F)c1)Nc1cc(F)ccc1CO. The summed E-state index contributed by atoms with van der Waals surface area (Å²) in [5.74, 6) is -1.28. The molecule has 0 aliphatic rings. The van der Waals surface area contributed by atoms with Gasteiger partial charge < -0.3 is 15.7 Å². The molecule has 2 amide bonds. The van der Waals surface area contributed by atoms with Gasteiger partial charge in [-0.1, -0.05) is 6.07 Å². The lowest BCUT2D eigenvalue weighted by atomic mass is 10.2. The molecule has 1 heterocycles. The van der Waals surface area contributed by atoms with Gasteiger partial charge in [-0.2, -0.15) is 4.39 Å². The van der Waals surface area contributed by atoms with Gasteiger partial charge in [-0.05, 0) is 18.2 Å². The molecule has 2 aromatic rings. The van der Waals surface area contributed by atoms with Gasteiger partial charge >= 0.3 is 6.03 Å². The standard InChI is InChI=1S/C13H11F2N3O2/c14-9-2-1-8(7-19)11(5-9)18-13(20)17-10-3-4-16-12(15)6-10/h1-6,19H,7H2,(H2,16,17,18,20). The predicted octanol–water partition coefficient (Wildman–Crippen LogP) is 2.50. The van der Waals surface area contributed by atoms with Crippen LogP contribution in [0.25, 0.3) is 0 Å². The zero-order chi connectivity index (χ0) is 14.5. The first kappa shape index (κ1) is 13.9. The molecule has 1 aromatic carbocycles. The minimum atomic E-state index is -0.732. The number of carbonyl (C=O) groups excluding carboxylic acids is 1. The number of rotatable bonds is 3. The normalized spacial score (nSPS) is 10.2. The van der Waals surface area contributed by atoms with E-state index in [9.17, 15) is 13.6 Å². The second-order valence-electron chi connectivity index (χ2n) is 3.91. The number of aromatic nitrogens is 1. The summed E-state index contributed by atoms with van der Waals surface area (Å²) in [7, 11) is 0. The number of nitrogens with one attached hydrogen (secondary N) is 2. The Bertz CT molecular complexity index is 635. The third-order valence-electron chi connectivity index (χ3n) is 2.47. The fourth-order valence-electron chi connectivity index (χ4n) is 1.57. The number of nitrogens with zero attached hydrogens (tertiary/aromatic N) is 1. The van der Waals surface area contributed by atoms with Crippen molar-refractivity contribution in [3.8, 4) is 0 Å². The Labute approximate surface area is 113 Å². The molecule has 0 atom stereocenters. The highest BCUT2D eigenvalue weighted by Crippen LogP contribution is 2.17. The van der Waals surface area contributed by atoms with Gasteiger partial charge in [0.05, 0.1) is 12.3 Å². The average Bonchev–Trinajstić information content (AvgIpc) is 2.38. The molecule has 0 radical (unpaired) electrons. The van der Waals surface area contributed by atoms with E-state index in [4.69, 9.17) is 5.11 Å². The maximum absolute atomic E-state index is 13.1. The van der Waals surface area contributed by atoms with E-state index in [1.165, 1.54) is 24.4 Å². The Kier molecular flexibility index (Phi) is 4.21. The summed E-state index contributed by atoms with van der Waals surface area (Å²) in [4.78, 5) is 15.1. The van der Waals surface area contributed by atoms with Crippen LogP contribution in [0.1, 0.15) is 5.56 Å². The zero-order valence-corrected chi connectivity index (χ0v) is 10.2. The molecule has 0 aliphatic carbocycles. The smallest absolute Gasteiger partial charge is 0.323 e. The van der Waals surface area contributed by atoms with Gasteiger partial charge in [0.15, 0.2) is 0 Å². The Balaban J connectivity index is 2.10. The number of amides is 2. The first-order chi connectivity index (χ1) is 9.58. The number of benzene rings is 1. The van der Waals surface area contributed by atoms with Crippen LogP contribution in [0.3, 0.4) is 0 Å². The van der Waals surface area contributed by atoms with Gasteiger partial charge in [-0.15, -0.1) is 0 Å². The monoisotopic (exact) mass is 279 g/mol. The molecule has 2 rings (SSSR count). The molecule has 0 aliphatic heterocycles. The number of aliphatic hydroxyl groups is 1. The number of hydrogen-bond donors (Lipinski definition) is 3. The number of hydrogen-bond acceptors (Lipinski definition) is 3. The fourth-order valence-corrected chi connectivity index (χ4v) is 1.57. The van der Waals surface area contributed by atoms with Crippen LogP contribution in [0.2, 0.25) is 0 Å². The van der Waals surface area contributed by atoms with Crippen LogP contribution in [-0.4, -0.2) is 16.1 Å². The maximum Gasteiger partial charge on any atom is 0.323 e. The van der Waals surface area contributed by atoms with Crippen molar-refractivity contribution in [1.29, 1.82) is 0 Å². The van der Waals surface area contributed by atoms with Crippen molar-refractivity contribution in [3.63, 3.8) is 0 Å². The molecule has 104 valence electrons. The minimum Gasteiger partial charge on any atom is -0.392 e. The molecule has 0 saturated heterocycles. The number of carbonyl (C=O) groups is 1. The predicted molar refractivity (Wildman–Crippen MR) is 69.2 cm³/mol. The summed E-state index contributed by atoms with van der Waals surface area (Å²) in [6, 6.07) is 5.37. The molecule has 0 spiro atoms. The Morgan fingerprint density at radius 1 is 1.20 bits per heavy atom. The molecule has 3 N–H and O–H groups in total. The van der Waals surface area contributed by atoms with Crippen LogP contribution in [0.5, 0.6) is 0 Å². The first-order valence-corrected chi connectivity index (χ1v) is 5.67. The number of urea groups is 1. The molecular weight excluding hydrogens is 268 g/mol. The number of aliphatic hydroxyl groups excluding tert-OH is 1. The van der Waals surface area contributed by atoms with Gasteiger partial charge in [0.1, 0.15) is 5.82 Å². The van der Waals surface area contributed by atoms with Gasteiger partial charge in [-0.25, -0.2) is 14.2 Å². The highest BCUT2D eigenvalue weighted by molar-refractivity contribution is 6.00. The maximum atomic E-state index is 13.1. The second kappa shape index (κ2) is 6.07. The van der Waals surface area contributed by atoms with Gasteiger partial charge in [0.25, 0.3) is 0 Å². The van der Waals surface area contributed by atoms with E-state index in [1.807, 2.05) is 0 Å². The van der Waals surface area contributed by atoms with Crippen LogP contribution in [0, 0.1) is 11.8 Å². The molecule has 1 aromatic heterocycles. The third kappa shape index (κ3) is 3.48. The third-order valence-corrected chi connectivity index (χ3v) is 2.47. The topological polar surface area (TPSA) is 74.2 Å². The van der Waals surface area contributed by atoms with Crippen molar-refractivity contribution >= 4 is 17.4 Å². The highest BCUT2D eigenvalue weighted by atomic mass is 19.1. The molecule has 0 bridgehead atoms. The molecular formula is C13H11F2N3O2. The Hall–Kier alpha value is -2.54. The molecule has 0 fully saturated rings. The van der Waals surface area contributed by atoms with E-state index >= 15 is 0 Å². The van der Waals surface area contributed by atoms with E-state index in [1.54, 1.807) is 0 Å². The Morgan fingerprint density at radius 2 is 2.00 bits per heavy atom. The van der Waals surface area contributed by atoms with Crippen LogP contribution >= 0.6 is 0 Å². The van der Waals surface area contributed by atoms with Gasteiger partial charge in [-0.3, -0.25) is 0 Å². The van der Waals surface area contributed by atoms with Crippen molar-refractivity contribution in [2.75, 3.05) is 10.6 Å². The summed E-state index contributed by atoms with van der Waals surface area (Å²) in [6.45, 7) is -0.347. The summed E-state index contributed by atoms with van der Waals surface area (Å²) in [6.07, 6.45) is 1.20. The lowest BCUT2D eigenvalue weighted by molar-refractivity contribution is 0.262. The number of pyridine rings is 1. The number of halogens is 2. The van der Waals surface area contributed by atoms with E-state index < -0.39 is 17.8 Å². The van der Waals surface area contributed by atoms with Crippen molar-refractivity contribution in [2.45, 2.75) is 6.61 Å². The summed E-state index contributed by atoms with van der Waals surface area (Å²) in [5.41, 5.74) is 0.707. The molecule has 0 saturated carbocycles. The van der Waals surface area contributed by atoms with E-state index in [-0.39, 0.29) is 18.0 Å². The molecule has 7 heteroatoms. The van der Waals surface area contributed by atoms with Crippen LogP contribution in [0.15, 0.2) is 36.5 Å². The van der Waals surface area contributed by atoms with Crippen molar-refractivity contribution in [3.05, 3.63) is 53.9 Å². The zero-order valence-electron chi connectivity index (χ0n) is 10.2. The van der Waals surface area contributed by atoms with Crippen molar-refractivity contribution < 1.29 is 18.7 Å². The van der Waals surface area contributed by atoms with Gasteiger partial charge in [0, 0.05) is 23.5 Å². The highest BCUT2D eigenvalue weighted by Gasteiger charge is 2.08. The van der Waals surface area contributed by atoms with Crippen molar-refractivity contribution in [1.82, 2.24) is 4.98 Å². The lowest BCUT2D eigenvalue weighted by Crippen LogP contribution is -2.20. The summed E-state index contributed by atoms with van der Waals surface area (Å²) < 4.78 is 26.0. The first-order valence-electron chi connectivity index (χ1n) is 5.67. The molecule has 0 unspecified atom stereocenters. The van der Waals surface area contributed by atoms with Crippen LogP contribution in [0.4, 0.5) is 25.0 Å². The second-order valence-corrected chi connectivity index (χ2v) is 3.91. The summed E-state index contributed by atoms with van der Waals surface area (Å²) in [5, 5.41) is 13.8. The van der Waals surface area contributed by atoms with Gasteiger partial charge in [0.2, 0.25) is 5.95 Å². The van der Waals surface area contributed by atoms with Crippen LogP contribution < -0.4 is 10.6 Å². The van der Waals surface area contributed by atoms with E-state index in [0.29, 0.717) is 5.56 Å². The largest absolute Gasteiger partial charge is 0.392 e. The Morgan fingerprint density at radius 3 is 2.70 bits per heavy atom. The fraction of sp³-hybridized carbons (Fsp3) is 0.0769. The van der Waals surface area contributed by atoms with Crippen LogP contribution in [-0.2, 0) is 6.61 Å². The van der Waals surface area contributed by atoms with E-state index in [0.717, 1.165) is 12.1 Å². The quantitative estimate of drug-likeness (QED) is 0.756. The number of anilines is 2. The van der Waals surface area contributed by atoms with Crippen molar-refractivity contribution in [2.24, 2.45) is 0 Å². The lowest BCUT2D eigenvalue weighted by Gasteiger charge is -2.10. The minimum absolute atomic E-state index is 0.138. The molecule has 5 nitrogen and oxygen atoms in total.